The van der Waals surface area contributed by atoms with Crippen molar-refractivity contribution in [1.29, 1.82) is 0 Å². The topological polar surface area (TPSA) is 26.3 Å². The molecule has 0 N–H and O–H groups in total. The SMILES string of the molecule is C=CC1=C[C@@H](OC(=O)CCC)C[C@@H](C)C1. The Morgan fingerprint density at radius 1 is 1.73 bits per heavy atom. The molecule has 0 aromatic rings. The Balaban J connectivity index is 2.54. The number of carbonyl (C=O) groups excluding carboxylic acids is 1. The fourth-order valence-corrected chi connectivity index (χ4v) is 1.92. The quantitative estimate of drug-likeness (QED) is 0.663. The first-order chi connectivity index (χ1) is 7.15. The largest absolute Gasteiger partial charge is 0.458 e. The minimum atomic E-state index is -0.0868. The Morgan fingerprint density at radius 2 is 2.47 bits per heavy atom. The van der Waals surface area contributed by atoms with Gasteiger partial charge in [0.2, 0.25) is 0 Å². The molecule has 84 valence electrons. The molecule has 0 amide bonds. The van der Waals surface area contributed by atoms with Crippen molar-refractivity contribution in [1.82, 2.24) is 0 Å². The van der Waals surface area contributed by atoms with Crippen LogP contribution in [0.4, 0.5) is 0 Å². The number of rotatable bonds is 4. The normalized spacial score (nSPS) is 25.6. The molecule has 0 fully saturated rings. The Labute approximate surface area is 92.0 Å². The third-order valence-corrected chi connectivity index (χ3v) is 2.62. The highest BCUT2D eigenvalue weighted by Crippen LogP contribution is 2.26. The minimum Gasteiger partial charge on any atom is -0.458 e. The maximum atomic E-state index is 11.3. The summed E-state index contributed by atoms with van der Waals surface area (Å²) < 4.78 is 5.37. The zero-order valence-electron chi connectivity index (χ0n) is 9.66. The van der Waals surface area contributed by atoms with Crippen molar-refractivity contribution in [2.24, 2.45) is 5.92 Å². The number of hydrogen-bond acceptors (Lipinski definition) is 2. The Morgan fingerprint density at radius 3 is 3.07 bits per heavy atom. The first kappa shape index (κ1) is 12.0. The molecule has 0 radical (unpaired) electrons. The molecule has 2 atom stereocenters. The van der Waals surface area contributed by atoms with Gasteiger partial charge in [0.05, 0.1) is 0 Å². The summed E-state index contributed by atoms with van der Waals surface area (Å²) in [6.45, 7) is 7.92. The average Bonchev–Trinajstić information content (AvgIpc) is 2.17. The molecule has 0 heterocycles. The van der Waals surface area contributed by atoms with Crippen LogP contribution in [-0.2, 0) is 9.53 Å². The molecule has 1 aliphatic carbocycles. The van der Waals surface area contributed by atoms with Crippen molar-refractivity contribution >= 4 is 5.97 Å². The number of esters is 1. The second kappa shape index (κ2) is 5.74. The summed E-state index contributed by atoms with van der Waals surface area (Å²) in [5.41, 5.74) is 1.20. The summed E-state index contributed by atoms with van der Waals surface area (Å²) in [4.78, 5) is 11.3. The zero-order valence-corrected chi connectivity index (χ0v) is 9.66. The highest BCUT2D eigenvalue weighted by Gasteiger charge is 2.20. The van der Waals surface area contributed by atoms with E-state index in [1.54, 1.807) is 0 Å². The van der Waals surface area contributed by atoms with E-state index < -0.39 is 0 Å². The number of allylic oxidation sites excluding steroid dienone is 2. The summed E-state index contributed by atoms with van der Waals surface area (Å²) in [5.74, 6) is 0.485. The molecule has 0 aromatic carbocycles. The maximum absolute atomic E-state index is 11.3. The van der Waals surface area contributed by atoms with E-state index in [9.17, 15) is 4.79 Å². The fourth-order valence-electron chi connectivity index (χ4n) is 1.92. The molecule has 0 bridgehead atoms. The van der Waals surface area contributed by atoms with Crippen LogP contribution in [0, 0.1) is 5.92 Å². The van der Waals surface area contributed by atoms with Gasteiger partial charge in [0.15, 0.2) is 0 Å². The number of ether oxygens (including phenoxy) is 1. The molecule has 15 heavy (non-hydrogen) atoms. The summed E-state index contributed by atoms with van der Waals surface area (Å²) in [5, 5.41) is 0. The van der Waals surface area contributed by atoms with E-state index >= 15 is 0 Å². The van der Waals surface area contributed by atoms with Crippen LogP contribution >= 0.6 is 0 Å². The van der Waals surface area contributed by atoms with Crippen LogP contribution in [-0.4, -0.2) is 12.1 Å². The minimum absolute atomic E-state index is 0.0409. The van der Waals surface area contributed by atoms with E-state index in [2.05, 4.69) is 13.5 Å². The lowest BCUT2D eigenvalue weighted by Crippen LogP contribution is -2.22. The van der Waals surface area contributed by atoms with Gasteiger partial charge >= 0.3 is 5.97 Å². The van der Waals surface area contributed by atoms with Gasteiger partial charge in [-0.15, -0.1) is 0 Å². The molecule has 0 aromatic heterocycles. The summed E-state index contributed by atoms with van der Waals surface area (Å²) >= 11 is 0. The van der Waals surface area contributed by atoms with Gasteiger partial charge in [-0.25, -0.2) is 0 Å². The van der Waals surface area contributed by atoms with Crippen LogP contribution < -0.4 is 0 Å². The number of hydrogen-bond donors (Lipinski definition) is 0. The van der Waals surface area contributed by atoms with E-state index in [0.717, 1.165) is 19.3 Å². The van der Waals surface area contributed by atoms with Gasteiger partial charge in [-0.05, 0) is 36.8 Å². The van der Waals surface area contributed by atoms with Crippen molar-refractivity contribution in [3.05, 3.63) is 24.3 Å². The standard InChI is InChI=1S/C13H20O2/c1-4-6-13(14)15-12-8-10(3)7-11(5-2)9-12/h5,9-10,12H,2,4,6-8H2,1,3H3/t10-,12-/m0/s1. The highest BCUT2D eigenvalue weighted by atomic mass is 16.5. The van der Waals surface area contributed by atoms with Crippen molar-refractivity contribution in [3.8, 4) is 0 Å². The third-order valence-electron chi connectivity index (χ3n) is 2.62. The zero-order chi connectivity index (χ0) is 11.3. The van der Waals surface area contributed by atoms with Crippen molar-refractivity contribution in [3.63, 3.8) is 0 Å². The monoisotopic (exact) mass is 208 g/mol. The lowest BCUT2D eigenvalue weighted by Gasteiger charge is -2.24. The van der Waals surface area contributed by atoms with E-state index in [4.69, 9.17) is 4.74 Å². The van der Waals surface area contributed by atoms with Crippen LogP contribution in [0.5, 0.6) is 0 Å². The molecule has 0 unspecified atom stereocenters. The van der Waals surface area contributed by atoms with Gasteiger partial charge in [-0.2, -0.15) is 0 Å². The highest BCUT2D eigenvalue weighted by molar-refractivity contribution is 5.69. The Kier molecular flexibility index (Phi) is 4.60. The first-order valence-electron chi connectivity index (χ1n) is 5.68. The molecule has 2 nitrogen and oxygen atoms in total. The van der Waals surface area contributed by atoms with Gasteiger partial charge in [-0.1, -0.05) is 26.5 Å². The summed E-state index contributed by atoms with van der Waals surface area (Å²) in [6.07, 6.45) is 7.19. The Bertz CT molecular complexity index is 266. The van der Waals surface area contributed by atoms with E-state index in [1.807, 2.05) is 19.1 Å². The third kappa shape index (κ3) is 3.90. The van der Waals surface area contributed by atoms with Crippen molar-refractivity contribution in [2.45, 2.75) is 45.6 Å². The van der Waals surface area contributed by atoms with Gasteiger partial charge in [-0.3, -0.25) is 4.79 Å². The van der Waals surface area contributed by atoms with Crippen molar-refractivity contribution < 1.29 is 9.53 Å². The molecular formula is C13H20O2. The van der Waals surface area contributed by atoms with Gasteiger partial charge in [0, 0.05) is 6.42 Å². The van der Waals surface area contributed by atoms with Gasteiger partial charge in [0.25, 0.3) is 0 Å². The number of carbonyl (C=O) groups is 1. The molecule has 1 aliphatic rings. The van der Waals surface area contributed by atoms with Crippen LogP contribution in [0.2, 0.25) is 0 Å². The molecule has 0 aliphatic heterocycles. The fraction of sp³-hybridized carbons (Fsp3) is 0.615. The molecule has 0 saturated heterocycles. The Hall–Kier alpha value is -1.05. The predicted octanol–water partition coefficient (Wildman–Crippen LogP) is 3.24. The van der Waals surface area contributed by atoms with Crippen LogP contribution in [0.1, 0.15) is 39.5 Å². The van der Waals surface area contributed by atoms with E-state index in [-0.39, 0.29) is 12.1 Å². The van der Waals surface area contributed by atoms with Crippen LogP contribution in [0.15, 0.2) is 24.3 Å². The lowest BCUT2D eigenvalue weighted by molar-refractivity contribution is -0.147. The maximum Gasteiger partial charge on any atom is 0.306 e. The lowest BCUT2D eigenvalue weighted by atomic mass is 9.88. The smallest absolute Gasteiger partial charge is 0.306 e. The van der Waals surface area contributed by atoms with Crippen LogP contribution in [0.3, 0.4) is 0 Å². The molecular weight excluding hydrogens is 188 g/mol. The average molecular weight is 208 g/mol. The molecule has 2 heteroatoms. The summed E-state index contributed by atoms with van der Waals surface area (Å²) in [7, 11) is 0. The summed E-state index contributed by atoms with van der Waals surface area (Å²) in [6, 6.07) is 0. The second-order valence-corrected chi connectivity index (χ2v) is 4.27. The molecule has 0 spiro atoms. The molecule has 1 rings (SSSR count). The van der Waals surface area contributed by atoms with Crippen LogP contribution in [0.25, 0.3) is 0 Å². The van der Waals surface area contributed by atoms with Gasteiger partial charge < -0.3 is 4.74 Å². The molecule has 0 saturated carbocycles. The van der Waals surface area contributed by atoms with Gasteiger partial charge in [0.1, 0.15) is 6.10 Å². The second-order valence-electron chi connectivity index (χ2n) is 4.27. The predicted molar refractivity (Wildman–Crippen MR) is 61.5 cm³/mol. The van der Waals surface area contributed by atoms with E-state index in [0.29, 0.717) is 12.3 Å². The first-order valence-corrected chi connectivity index (χ1v) is 5.68. The van der Waals surface area contributed by atoms with Crippen molar-refractivity contribution in [2.75, 3.05) is 0 Å². The van der Waals surface area contributed by atoms with E-state index in [1.165, 1.54) is 5.57 Å².